The minimum absolute atomic E-state index is 0.00890. The van der Waals surface area contributed by atoms with Gasteiger partial charge in [-0.2, -0.15) is 0 Å². The van der Waals surface area contributed by atoms with Crippen molar-refractivity contribution in [2.24, 2.45) is 50.7 Å². The van der Waals surface area contributed by atoms with E-state index in [-0.39, 0.29) is 28.6 Å². The van der Waals surface area contributed by atoms with Crippen LogP contribution in [0.25, 0.3) is 0 Å². The number of aliphatic hydroxyl groups is 4. The van der Waals surface area contributed by atoms with Crippen LogP contribution in [-0.4, -0.2) is 55.4 Å². The van der Waals surface area contributed by atoms with Crippen molar-refractivity contribution in [3.05, 3.63) is 11.6 Å². The Balaban J connectivity index is 1.67. The van der Waals surface area contributed by atoms with Gasteiger partial charge >= 0.3 is 5.97 Å². The van der Waals surface area contributed by atoms with Crippen LogP contribution in [0.5, 0.6) is 0 Å². The maximum absolute atomic E-state index is 12.8. The molecule has 204 valence electrons. The van der Waals surface area contributed by atoms with Gasteiger partial charge in [-0.25, -0.2) is 0 Å². The zero-order chi connectivity index (χ0) is 26.9. The topological polar surface area (TPSA) is 118 Å². The molecule has 5 aliphatic carbocycles. The normalized spacial score (nSPS) is 58.0. The summed E-state index contributed by atoms with van der Waals surface area (Å²) in [6.07, 6.45) is 4.02. The number of carboxylic acids is 1. The summed E-state index contributed by atoms with van der Waals surface area (Å²) < 4.78 is 0. The molecule has 0 spiro atoms. The van der Waals surface area contributed by atoms with Gasteiger partial charge in [-0.15, -0.1) is 0 Å². The Morgan fingerprint density at radius 3 is 2.14 bits per heavy atom. The Hall–Kier alpha value is -0.950. The summed E-state index contributed by atoms with van der Waals surface area (Å²) in [6, 6.07) is 0. The lowest BCUT2D eigenvalue weighted by Crippen LogP contribution is -2.72. The molecule has 0 aromatic carbocycles. The van der Waals surface area contributed by atoms with E-state index in [2.05, 4.69) is 26.8 Å². The predicted octanol–water partition coefficient (Wildman–Crippen LogP) is 4.15. The quantitative estimate of drug-likeness (QED) is 0.343. The van der Waals surface area contributed by atoms with Gasteiger partial charge in [0.25, 0.3) is 0 Å². The lowest BCUT2D eigenvalue weighted by atomic mass is 9.32. The maximum atomic E-state index is 12.8. The van der Waals surface area contributed by atoms with Crippen LogP contribution >= 0.6 is 0 Å². The lowest BCUT2D eigenvalue weighted by molar-refractivity contribution is -0.279. The molecule has 0 bridgehead atoms. The molecule has 36 heavy (non-hydrogen) atoms. The average Bonchev–Trinajstić information content (AvgIpc) is 2.79. The minimum Gasteiger partial charge on any atom is -0.481 e. The van der Waals surface area contributed by atoms with Crippen LogP contribution in [0.3, 0.4) is 0 Å². The third kappa shape index (κ3) is 2.80. The van der Waals surface area contributed by atoms with Gasteiger partial charge in [0.1, 0.15) is 6.10 Å². The van der Waals surface area contributed by atoms with Crippen LogP contribution < -0.4 is 0 Å². The molecule has 12 atom stereocenters. The van der Waals surface area contributed by atoms with Gasteiger partial charge in [-0.05, 0) is 85.9 Å². The van der Waals surface area contributed by atoms with E-state index in [1.54, 1.807) is 0 Å². The number of hydrogen-bond acceptors (Lipinski definition) is 5. The van der Waals surface area contributed by atoms with E-state index in [4.69, 9.17) is 0 Å². The molecule has 0 heterocycles. The number of hydrogen-bond donors (Lipinski definition) is 5. The number of fused-ring (bicyclic) bond motifs is 7. The first kappa shape index (κ1) is 26.6. The molecule has 5 N–H and O–H groups in total. The first-order valence-electron chi connectivity index (χ1n) is 14.1. The van der Waals surface area contributed by atoms with E-state index in [1.165, 1.54) is 0 Å². The van der Waals surface area contributed by atoms with Crippen molar-refractivity contribution in [1.82, 2.24) is 0 Å². The number of carbonyl (C=O) groups is 1. The van der Waals surface area contributed by atoms with Gasteiger partial charge < -0.3 is 25.5 Å². The van der Waals surface area contributed by atoms with E-state index in [1.807, 2.05) is 27.7 Å². The average molecular weight is 505 g/mol. The van der Waals surface area contributed by atoms with E-state index >= 15 is 0 Å². The first-order valence-corrected chi connectivity index (χ1v) is 14.1. The summed E-state index contributed by atoms with van der Waals surface area (Å²) >= 11 is 0. The van der Waals surface area contributed by atoms with Gasteiger partial charge in [0, 0.05) is 11.3 Å². The van der Waals surface area contributed by atoms with Gasteiger partial charge in [0.2, 0.25) is 0 Å². The Kier molecular flexibility index (Phi) is 5.61. The van der Waals surface area contributed by atoms with Crippen molar-refractivity contribution >= 4 is 5.97 Å². The largest absolute Gasteiger partial charge is 0.481 e. The van der Waals surface area contributed by atoms with Crippen LogP contribution in [-0.2, 0) is 4.79 Å². The summed E-state index contributed by atoms with van der Waals surface area (Å²) in [4.78, 5) is 12.8. The Morgan fingerprint density at radius 1 is 0.889 bits per heavy atom. The fourth-order valence-electron chi connectivity index (χ4n) is 10.9. The maximum Gasteiger partial charge on any atom is 0.310 e. The first-order chi connectivity index (χ1) is 16.4. The molecule has 0 saturated heterocycles. The van der Waals surface area contributed by atoms with E-state index in [0.717, 1.165) is 24.8 Å². The number of aliphatic carboxylic acids is 1. The van der Waals surface area contributed by atoms with Crippen LogP contribution in [0.4, 0.5) is 0 Å². The Bertz CT molecular complexity index is 986. The minimum atomic E-state index is -1.20. The summed E-state index contributed by atoms with van der Waals surface area (Å²) in [6.45, 7) is 14.7. The van der Waals surface area contributed by atoms with Crippen molar-refractivity contribution in [3.8, 4) is 0 Å². The molecule has 5 aliphatic rings. The highest BCUT2D eigenvalue weighted by molar-refractivity contribution is 5.77. The number of allylic oxidation sites excluding steroid dienone is 1. The molecular formula is C30H48O6. The molecule has 0 amide bonds. The summed E-state index contributed by atoms with van der Waals surface area (Å²) in [5.41, 5.74) is -2.63. The summed E-state index contributed by atoms with van der Waals surface area (Å²) in [7, 11) is 0. The standard InChI is InChI=1S/C30H48O6/c1-16-10-13-30(24(34)35)15-14-26(4)17(21(30)29(16,7)36)8-9-19-27(26,5)12-11-18-25(2,3)22(32)20(31)23(33)28(18,19)6/h8,16,18-23,31-33,36H,9-15H2,1-7H3,(H,34,35)/t16-,18-,19+,20-,21-,22+,23-,26-,27-,28+,29-,30+/m1/s1. The van der Waals surface area contributed by atoms with Crippen molar-refractivity contribution < 1.29 is 30.3 Å². The lowest BCUT2D eigenvalue weighted by Gasteiger charge is -2.72. The molecule has 6 nitrogen and oxygen atoms in total. The van der Waals surface area contributed by atoms with Gasteiger partial charge in [0.05, 0.1) is 23.2 Å². The second kappa shape index (κ2) is 7.58. The predicted molar refractivity (Wildman–Crippen MR) is 137 cm³/mol. The van der Waals surface area contributed by atoms with Crippen LogP contribution in [0.15, 0.2) is 11.6 Å². The van der Waals surface area contributed by atoms with Crippen molar-refractivity contribution in [3.63, 3.8) is 0 Å². The van der Waals surface area contributed by atoms with Gasteiger partial charge in [-0.1, -0.05) is 53.2 Å². The molecule has 0 aromatic heterocycles. The summed E-state index contributed by atoms with van der Waals surface area (Å²) in [5, 5.41) is 55.9. The molecular weight excluding hydrogens is 456 g/mol. The van der Waals surface area contributed by atoms with Crippen molar-refractivity contribution in [2.45, 2.75) is 117 Å². The molecule has 0 aromatic rings. The number of rotatable bonds is 1. The fraction of sp³-hybridized carbons (Fsp3) is 0.900. The number of aliphatic hydroxyl groups excluding tert-OH is 3. The van der Waals surface area contributed by atoms with Crippen LogP contribution in [0.1, 0.15) is 93.4 Å². The smallest absolute Gasteiger partial charge is 0.310 e. The van der Waals surface area contributed by atoms with Crippen LogP contribution in [0, 0.1) is 50.7 Å². The molecule has 4 saturated carbocycles. The monoisotopic (exact) mass is 504 g/mol. The van der Waals surface area contributed by atoms with Crippen molar-refractivity contribution in [1.29, 1.82) is 0 Å². The summed E-state index contributed by atoms with van der Waals surface area (Å²) in [5.74, 6) is -1.10. The molecule has 5 rings (SSSR count). The fourth-order valence-corrected chi connectivity index (χ4v) is 10.9. The third-order valence-corrected chi connectivity index (χ3v) is 13.6. The molecule has 0 radical (unpaired) electrons. The second-order valence-electron chi connectivity index (χ2n) is 14.9. The second-order valence-corrected chi connectivity index (χ2v) is 14.9. The molecule has 6 heteroatoms. The highest BCUT2D eigenvalue weighted by atomic mass is 16.4. The van der Waals surface area contributed by atoms with E-state index in [9.17, 15) is 30.3 Å². The van der Waals surface area contributed by atoms with Gasteiger partial charge in [0.15, 0.2) is 0 Å². The zero-order valence-electron chi connectivity index (χ0n) is 23.2. The van der Waals surface area contributed by atoms with E-state index in [0.29, 0.717) is 25.7 Å². The highest BCUT2D eigenvalue weighted by Crippen LogP contribution is 2.76. The molecule has 0 aliphatic heterocycles. The van der Waals surface area contributed by atoms with E-state index < -0.39 is 52.0 Å². The highest BCUT2D eigenvalue weighted by Gasteiger charge is 2.73. The Morgan fingerprint density at radius 2 is 1.53 bits per heavy atom. The zero-order valence-corrected chi connectivity index (χ0v) is 23.2. The molecule has 4 fully saturated rings. The molecule has 0 unspecified atom stereocenters. The Labute approximate surface area is 216 Å². The third-order valence-electron chi connectivity index (χ3n) is 13.6. The van der Waals surface area contributed by atoms with Gasteiger partial charge in [-0.3, -0.25) is 4.79 Å². The SMILES string of the molecule is C[C@@H]1CC[C@]2(C(=O)O)CC[C@]3(C)C(=CC[C@@H]4[C@@]5(C)[C@H](O)[C@H](O)[C@H](O)C(C)(C)[C@H]5CC[C@]43C)[C@@H]2[C@]1(C)O. The van der Waals surface area contributed by atoms with Crippen LogP contribution in [0.2, 0.25) is 0 Å². The van der Waals surface area contributed by atoms with Crippen molar-refractivity contribution in [2.75, 3.05) is 0 Å². The number of carboxylic acid groups (broad SMARTS) is 1.